The molecule has 1 unspecified atom stereocenters. The van der Waals surface area contributed by atoms with Crippen LogP contribution in [-0.4, -0.2) is 33.2 Å². The van der Waals surface area contributed by atoms with Crippen molar-refractivity contribution in [2.45, 2.75) is 13.0 Å². The molecule has 0 saturated heterocycles. The van der Waals surface area contributed by atoms with Crippen molar-refractivity contribution in [1.29, 1.82) is 0 Å². The molecule has 0 N–H and O–H groups in total. The van der Waals surface area contributed by atoms with Crippen LogP contribution in [-0.2, 0) is 0 Å². The Labute approximate surface area is 91.6 Å². The third-order valence-electron chi connectivity index (χ3n) is 2.66. The van der Waals surface area contributed by atoms with Crippen LogP contribution >= 0.6 is 0 Å². The zero-order chi connectivity index (χ0) is 11.4. The molecule has 0 heterocycles. The fraction of sp³-hybridized carbons (Fsp3) is 0.500. The van der Waals surface area contributed by atoms with E-state index in [1.54, 1.807) is 14.2 Å². The standard InChI is InChI=1S/C12H19NO2/c1-9(13(2)3)10-6-7-11(14-4)12(8-10)15-5/h6-9H,1-5H3. The summed E-state index contributed by atoms with van der Waals surface area (Å²) in [4.78, 5) is 2.15. The highest BCUT2D eigenvalue weighted by atomic mass is 16.5. The van der Waals surface area contributed by atoms with Gasteiger partial charge in [-0.25, -0.2) is 0 Å². The fourth-order valence-corrected chi connectivity index (χ4v) is 1.41. The van der Waals surface area contributed by atoms with Gasteiger partial charge in [0.15, 0.2) is 11.5 Å². The second kappa shape index (κ2) is 5.03. The molecule has 1 atom stereocenters. The van der Waals surface area contributed by atoms with E-state index in [2.05, 4.69) is 32.0 Å². The maximum Gasteiger partial charge on any atom is 0.161 e. The third kappa shape index (κ3) is 2.63. The topological polar surface area (TPSA) is 21.7 Å². The van der Waals surface area contributed by atoms with Gasteiger partial charge in [0.05, 0.1) is 14.2 Å². The van der Waals surface area contributed by atoms with Gasteiger partial charge in [0, 0.05) is 6.04 Å². The summed E-state index contributed by atoms with van der Waals surface area (Å²) in [6.07, 6.45) is 0. The summed E-state index contributed by atoms with van der Waals surface area (Å²) in [6.45, 7) is 2.15. The summed E-state index contributed by atoms with van der Waals surface area (Å²) in [6, 6.07) is 6.38. The van der Waals surface area contributed by atoms with E-state index in [9.17, 15) is 0 Å². The number of benzene rings is 1. The van der Waals surface area contributed by atoms with Crippen molar-refractivity contribution in [3.05, 3.63) is 23.8 Å². The van der Waals surface area contributed by atoms with Crippen LogP contribution in [0.15, 0.2) is 18.2 Å². The first kappa shape index (κ1) is 11.9. The van der Waals surface area contributed by atoms with Gasteiger partial charge >= 0.3 is 0 Å². The van der Waals surface area contributed by atoms with Crippen LogP contribution in [0.5, 0.6) is 11.5 Å². The predicted octanol–water partition coefficient (Wildman–Crippen LogP) is 2.33. The van der Waals surface area contributed by atoms with Crippen molar-refractivity contribution < 1.29 is 9.47 Å². The van der Waals surface area contributed by atoms with E-state index in [-0.39, 0.29) is 0 Å². The van der Waals surface area contributed by atoms with Gasteiger partial charge in [-0.3, -0.25) is 0 Å². The van der Waals surface area contributed by atoms with Crippen LogP contribution < -0.4 is 9.47 Å². The van der Waals surface area contributed by atoms with Crippen LogP contribution in [0.25, 0.3) is 0 Å². The molecule has 0 aliphatic heterocycles. The monoisotopic (exact) mass is 209 g/mol. The summed E-state index contributed by atoms with van der Waals surface area (Å²) in [5.41, 5.74) is 1.22. The summed E-state index contributed by atoms with van der Waals surface area (Å²) < 4.78 is 10.5. The Balaban J connectivity index is 3.02. The molecule has 3 nitrogen and oxygen atoms in total. The molecule has 3 heteroatoms. The van der Waals surface area contributed by atoms with Gasteiger partial charge in [-0.2, -0.15) is 0 Å². The summed E-state index contributed by atoms with van der Waals surface area (Å²) in [7, 11) is 7.41. The molecule has 0 radical (unpaired) electrons. The fourth-order valence-electron chi connectivity index (χ4n) is 1.41. The van der Waals surface area contributed by atoms with Gasteiger partial charge < -0.3 is 14.4 Å². The van der Waals surface area contributed by atoms with E-state index in [1.165, 1.54) is 5.56 Å². The van der Waals surface area contributed by atoms with Gasteiger partial charge in [0.1, 0.15) is 0 Å². The lowest BCUT2D eigenvalue weighted by molar-refractivity contribution is 0.317. The Morgan fingerprint density at radius 1 is 1.07 bits per heavy atom. The number of nitrogens with zero attached hydrogens (tertiary/aromatic N) is 1. The average molecular weight is 209 g/mol. The quantitative estimate of drug-likeness (QED) is 0.759. The Morgan fingerprint density at radius 2 is 1.67 bits per heavy atom. The SMILES string of the molecule is COc1ccc(C(C)N(C)C)cc1OC. The Bertz CT molecular complexity index is 323. The van der Waals surface area contributed by atoms with E-state index in [0.29, 0.717) is 6.04 Å². The minimum absolute atomic E-state index is 0.366. The van der Waals surface area contributed by atoms with Gasteiger partial charge in [0.25, 0.3) is 0 Å². The summed E-state index contributed by atoms with van der Waals surface area (Å²) >= 11 is 0. The normalized spacial score (nSPS) is 12.7. The van der Waals surface area contributed by atoms with E-state index < -0.39 is 0 Å². The van der Waals surface area contributed by atoms with E-state index in [1.807, 2.05) is 12.1 Å². The first-order valence-corrected chi connectivity index (χ1v) is 4.98. The zero-order valence-corrected chi connectivity index (χ0v) is 10.1. The molecule has 0 amide bonds. The van der Waals surface area contributed by atoms with Crippen molar-refractivity contribution in [1.82, 2.24) is 4.90 Å². The second-order valence-electron chi connectivity index (χ2n) is 3.75. The number of rotatable bonds is 4. The number of hydrogen-bond donors (Lipinski definition) is 0. The molecular formula is C12H19NO2. The van der Waals surface area contributed by atoms with Crippen LogP contribution in [0.1, 0.15) is 18.5 Å². The minimum atomic E-state index is 0.366. The average Bonchev–Trinajstić information content (AvgIpc) is 2.26. The highest BCUT2D eigenvalue weighted by Gasteiger charge is 2.11. The van der Waals surface area contributed by atoms with Crippen LogP contribution in [0.3, 0.4) is 0 Å². The van der Waals surface area contributed by atoms with Crippen LogP contribution in [0.2, 0.25) is 0 Å². The first-order valence-electron chi connectivity index (χ1n) is 4.98. The third-order valence-corrected chi connectivity index (χ3v) is 2.66. The lowest BCUT2D eigenvalue weighted by Gasteiger charge is -2.21. The molecule has 1 rings (SSSR count). The molecule has 1 aromatic rings. The molecule has 0 fully saturated rings. The van der Waals surface area contributed by atoms with E-state index in [0.717, 1.165) is 11.5 Å². The number of ether oxygens (including phenoxy) is 2. The summed E-state index contributed by atoms with van der Waals surface area (Å²) in [5, 5.41) is 0. The molecule has 0 aliphatic rings. The van der Waals surface area contributed by atoms with Crippen LogP contribution in [0.4, 0.5) is 0 Å². The number of hydrogen-bond acceptors (Lipinski definition) is 3. The van der Waals surface area contributed by atoms with Crippen molar-refractivity contribution >= 4 is 0 Å². The van der Waals surface area contributed by atoms with E-state index >= 15 is 0 Å². The maximum absolute atomic E-state index is 5.26. The summed E-state index contributed by atoms with van der Waals surface area (Å²) in [5.74, 6) is 1.55. The number of methoxy groups -OCH3 is 2. The molecule has 1 aromatic carbocycles. The molecule has 0 aromatic heterocycles. The van der Waals surface area contributed by atoms with Crippen molar-refractivity contribution in [3.63, 3.8) is 0 Å². The molecule has 0 bridgehead atoms. The highest BCUT2D eigenvalue weighted by molar-refractivity contribution is 5.43. The largest absolute Gasteiger partial charge is 0.493 e. The molecule has 0 saturated carbocycles. The van der Waals surface area contributed by atoms with Gasteiger partial charge in [0.2, 0.25) is 0 Å². The second-order valence-corrected chi connectivity index (χ2v) is 3.75. The Kier molecular flexibility index (Phi) is 3.97. The molecule has 0 spiro atoms. The zero-order valence-electron chi connectivity index (χ0n) is 10.1. The molecule has 15 heavy (non-hydrogen) atoms. The van der Waals surface area contributed by atoms with Gasteiger partial charge in [-0.15, -0.1) is 0 Å². The Hall–Kier alpha value is -1.22. The lowest BCUT2D eigenvalue weighted by atomic mass is 10.1. The molecule has 84 valence electrons. The van der Waals surface area contributed by atoms with Crippen molar-refractivity contribution in [2.24, 2.45) is 0 Å². The van der Waals surface area contributed by atoms with Crippen molar-refractivity contribution in [3.8, 4) is 11.5 Å². The maximum atomic E-state index is 5.26. The van der Waals surface area contributed by atoms with E-state index in [4.69, 9.17) is 9.47 Å². The van der Waals surface area contributed by atoms with Gasteiger partial charge in [-0.05, 0) is 38.7 Å². The minimum Gasteiger partial charge on any atom is -0.493 e. The highest BCUT2D eigenvalue weighted by Crippen LogP contribution is 2.30. The predicted molar refractivity (Wildman–Crippen MR) is 61.6 cm³/mol. The smallest absolute Gasteiger partial charge is 0.161 e. The lowest BCUT2D eigenvalue weighted by Crippen LogP contribution is -2.16. The van der Waals surface area contributed by atoms with Crippen molar-refractivity contribution in [2.75, 3.05) is 28.3 Å². The molecule has 0 aliphatic carbocycles. The Morgan fingerprint density at radius 3 is 2.13 bits per heavy atom. The molecular weight excluding hydrogens is 190 g/mol. The first-order chi connectivity index (χ1) is 7.10. The van der Waals surface area contributed by atoms with Gasteiger partial charge in [-0.1, -0.05) is 6.07 Å². The van der Waals surface area contributed by atoms with Crippen LogP contribution in [0, 0.1) is 0 Å².